The molecule has 1 fully saturated rings. The van der Waals surface area contributed by atoms with Crippen LogP contribution < -0.4 is 5.56 Å². The summed E-state index contributed by atoms with van der Waals surface area (Å²) in [5.74, 6) is -0.114. The van der Waals surface area contributed by atoms with Gasteiger partial charge >= 0.3 is 0 Å². The van der Waals surface area contributed by atoms with Crippen LogP contribution in [0.3, 0.4) is 0 Å². The van der Waals surface area contributed by atoms with Gasteiger partial charge in [0.2, 0.25) is 11.8 Å². The molecule has 4 aromatic rings. The lowest BCUT2D eigenvalue weighted by atomic mass is 9.77. The van der Waals surface area contributed by atoms with E-state index in [1.165, 1.54) is 4.57 Å². The molecule has 2 N–H and O–H groups in total. The van der Waals surface area contributed by atoms with E-state index in [0.29, 0.717) is 48.2 Å². The third kappa shape index (κ3) is 2.84. The minimum Gasteiger partial charge on any atom is -0.494 e. The summed E-state index contributed by atoms with van der Waals surface area (Å²) in [6, 6.07) is 18.3. The molecule has 35 heavy (non-hydrogen) atoms. The molecule has 2 atom stereocenters. The number of pyridine rings is 1. The normalized spacial score (nSPS) is 22.4. The summed E-state index contributed by atoms with van der Waals surface area (Å²) < 4.78 is 9.73. The number of aryl methyl sites for hydroxylation is 1. The predicted octanol–water partition coefficient (Wildman–Crippen LogP) is 4.71. The van der Waals surface area contributed by atoms with Crippen molar-refractivity contribution in [2.24, 2.45) is 0 Å². The molecule has 2 aromatic heterocycles. The Labute approximate surface area is 202 Å². The molecule has 4 heterocycles. The lowest BCUT2D eigenvalue weighted by Gasteiger charge is -2.27. The number of aromatic hydroxyl groups is 2. The van der Waals surface area contributed by atoms with Gasteiger partial charge in [0.15, 0.2) is 0 Å². The molecule has 2 aliphatic heterocycles. The third-order valence-corrected chi connectivity index (χ3v) is 7.80. The van der Waals surface area contributed by atoms with Crippen molar-refractivity contribution in [1.82, 2.24) is 9.13 Å². The van der Waals surface area contributed by atoms with Crippen molar-refractivity contribution >= 4 is 10.8 Å². The molecule has 0 radical (unpaired) electrons. The fourth-order valence-corrected chi connectivity index (χ4v) is 6.11. The zero-order valence-corrected chi connectivity index (χ0v) is 19.6. The number of hydrogen-bond donors (Lipinski definition) is 2. The van der Waals surface area contributed by atoms with Gasteiger partial charge in [-0.2, -0.15) is 5.26 Å². The molecule has 7 heteroatoms. The Morgan fingerprint density at radius 1 is 1.00 bits per heavy atom. The highest BCUT2D eigenvalue weighted by molar-refractivity contribution is 5.95. The first-order valence-electron chi connectivity index (χ1n) is 11.8. The van der Waals surface area contributed by atoms with Gasteiger partial charge in [0.05, 0.1) is 34.0 Å². The molecule has 176 valence electrons. The fraction of sp³-hybridized carbons (Fsp3) is 0.286. The number of hydrogen-bond acceptors (Lipinski definition) is 5. The predicted molar refractivity (Wildman–Crippen MR) is 131 cm³/mol. The average molecular weight is 468 g/mol. The summed E-state index contributed by atoms with van der Waals surface area (Å²) in [6.07, 6.45) is 1.88. The van der Waals surface area contributed by atoms with Crippen LogP contribution in [0.5, 0.6) is 11.8 Å². The molecule has 6 rings (SSSR count). The van der Waals surface area contributed by atoms with E-state index in [0.717, 1.165) is 16.5 Å². The monoisotopic (exact) mass is 467 g/mol. The van der Waals surface area contributed by atoms with Gasteiger partial charge in [-0.3, -0.25) is 9.36 Å². The van der Waals surface area contributed by atoms with Gasteiger partial charge in [-0.25, -0.2) is 0 Å². The molecule has 2 aromatic carbocycles. The highest BCUT2D eigenvalue weighted by Crippen LogP contribution is 2.65. The van der Waals surface area contributed by atoms with Crippen LogP contribution >= 0.6 is 0 Å². The van der Waals surface area contributed by atoms with Crippen LogP contribution in [0.1, 0.15) is 48.6 Å². The Morgan fingerprint density at radius 3 is 2.49 bits per heavy atom. The summed E-state index contributed by atoms with van der Waals surface area (Å²) in [5.41, 5.74) is 1.57. The molecule has 0 amide bonds. The summed E-state index contributed by atoms with van der Waals surface area (Å²) in [7, 11) is 0. The van der Waals surface area contributed by atoms with Crippen molar-refractivity contribution in [1.29, 1.82) is 5.26 Å². The first-order chi connectivity index (χ1) is 16.8. The number of fused-ring (bicyclic) bond motifs is 6. The summed E-state index contributed by atoms with van der Waals surface area (Å²) >= 11 is 0. The minimum atomic E-state index is -0.805. The van der Waals surface area contributed by atoms with Crippen molar-refractivity contribution in [2.45, 2.75) is 50.9 Å². The molecular formula is C28H25N3O4. The topological polar surface area (TPSA) is 100 Å². The van der Waals surface area contributed by atoms with Crippen molar-refractivity contribution < 1.29 is 14.9 Å². The molecule has 0 spiro atoms. The lowest BCUT2D eigenvalue weighted by Crippen LogP contribution is -2.29. The van der Waals surface area contributed by atoms with E-state index >= 15 is 0 Å². The average Bonchev–Trinajstić information content (AvgIpc) is 3.43. The van der Waals surface area contributed by atoms with Crippen molar-refractivity contribution in [3.63, 3.8) is 0 Å². The van der Waals surface area contributed by atoms with Gasteiger partial charge in [-0.1, -0.05) is 30.3 Å². The maximum Gasteiger partial charge on any atom is 0.250 e. The zero-order valence-electron chi connectivity index (χ0n) is 19.6. The molecule has 2 bridgehead atoms. The SMILES string of the molecule is Cc1cccc(=O)n1CC[C@@]12CC[C@@](C)(O1)c1c2c(O)n(-c2ccc(C#N)c3ccccc23)c1O. The molecular weight excluding hydrogens is 442 g/mol. The van der Waals surface area contributed by atoms with E-state index in [1.807, 2.05) is 44.2 Å². The van der Waals surface area contributed by atoms with Gasteiger partial charge in [0, 0.05) is 29.1 Å². The first-order valence-corrected chi connectivity index (χ1v) is 11.8. The number of nitrogens with zero attached hydrogens (tertiary/aromatic N) is 3. The van der Waals surface area contributed by atoms with Gasteiger partial charge < -0.3 is 19.5 Å². The molecule has 7 nitrogen and oxygen atoms in total. The van der Waals surface area contributed by atoms with Gasteiger partial charge in [0.1, 0.15) is 5.60 Å². The summed E-state index contributed by atoms with van der Waals surface area (Å²) in [5, 5.41) is 34.1. The van der Waals surface area contributed by atoms with Gasteiger partial charge in [-0.05, 0) is 51.3 Å². The lowest BCUT2D eigenvalue weighted by molar-refractivity contribution is -0.0852. The van der Waals surface area contributed by atoms with E-state index in [1.54, 1.807) is 28.8 Å². The van der Waals surface area contributed by atoms with Crippen molar-refractivity contribution in [3.8, 4) is 23.5 Å². The van der Waals surface area contributed by atoms with Gasteiger partial charge in [0.25, 0.3) is 5.56 Å². The number of benzene rings is 2. The Hall–Kier alpha value is -4.02. The second-order valence-corrected chi connectivity index (χ2v) is 9.76. The van der Waals surface area contributed by atoms with Crippen LogP contribution in [-0.4, -0.2) is 19.3 Å². The van der Waals surface area contributed by atoms with Crippen LogP contribution in [0, 0.1) is 18.3 Å². The molecule has 0 saturated carbocycles. The van der Waals surface area contributed by atoms with Crippen LogP contribution in [0.25, 0.3) is 16.5 Å². The van der Waals surface area contributed by atoms with Gasteiger partial charge in [-0.15, -0.1) is 0 Å². The fourth-order valence-electron chi connectivity index (χ4n) is 6.11. The van der Waals surface area contributed by atoms with Crippen LogP contribution in [0.4, 0.5) is 0 Å². The highest BCUT2D eigenvalue weighted by Gasteiger charge is 2.61. The summed E-state index contributed by atoms with van der Waals surface area (Å²) in [6.45, 7) is 4.28. The van der Waals surface area contributed by atoms with E-state index in [4.69, 9.17) is 4.74 Å². The third-order valence-electron chi connectivity index (χ3n) is 7.80. The van der Waals surface area contributed by atoms with E-state index < -0.39 is 11.2 Å². The number of nitriles is 1. The molecule has 0 unspecified atom stereocenters. The quantitative estimate of drug-likeness (QED) is 0.453. The number of rotatable bonds is 4. The Bertz CT molecular complexity index is 1630. The van der Waals surface area contributed by atoms with Crippen molar-refractivity contribution in [3.05, 3.63) is 87.3 Å². The Balaban J connectivity index is 1.52. The van der Waals surface area contributed by atoms with Crippen LogP contribution in [-0.2, 0) is 22.5 Å². The Morgan fingerprint density at radius 2 is 1.74 bits per heavy atom. The summed E-state index contributed by atoms with van der Waals surface area (Å²) in [4.78, 5) is 12.4. The highest BCUT2D eigenvalue weighted by atomic mass is 16.5. The maximum absolute atomic E-state index is 12.4. The van der Waals surface area contributed by atoms with Crippen LogP contribution in [0.15, 0.2) is 59.4 Å². The minimum absolute atomic E-state index is 0.0514. The largest absolute Gasteiger partial charge is 0.494 e. The second kappa shape index (κ2) is 7.24. The van der Waals surface area contributed by atoms with Crippen LogP contribution in [0.2, 0.25) is 0 Å². The standard InChI is InChI=1S/C28H25N3O4/c1-17-6-5-9-22(32)30(17)15-14-28-13-12-27(2,35-28)23-24(28)26(34)31(25(23)33)21-11-10-18(16-29)19-7-3-4-8-20(19)21/h3-11,33-34H,12-15H2,1-2H3/t27-,28-/m1/s1. The second-order valence-electron chi connectivity index (χ2n) is 9.76. The number of aromatic nitrogens is 2. The van der Waals surface area contributed by atoms with E-state index in [9.17, 15) is 20.3 Å². The maximum atomic E-state index is 12.4. The zero-order chi connectivity index (χ0) is 24.5. The Kier molecular flexibility index (Phi) is 4.45. The molecule has 2 aliphatic rings. The number of ether oxygens (including phenoxy) is 1. The smallest absolute Gasteiger partial charge is 0.250 e. The molecule has 1 saturated heterocycles. The molecule has 0 aliphatic carbocycles. The van der Waals surface area contributed by atoms with Crippen molar-refractivity contribution in [2.75, 3.05) is 0 Å². The van der Waals surface area contributed by atoms with E-state index in [-0.39, 0.29) is 17.3 Å². The van der Waals surface area contributed by atoms with E-state index in [2.05, 4.69) is 6.07 Å². The first kappa shape index (κ1) is 21.5.